The van der Waals surface area contributed by atoms with Gasteiger partial charge in [0.15, 0.2) is 0 Å². The Bertz CT molecular complexity index is 1110. The number of non-ortho nitro benzene ring substituents is 1. The van der Waals surface area contributed by atoms with Gasteiger partial charge in [0.1, 0.15) is 16.5 Å². The highest BCUT2D eigenvalue weighted by molar-refractivity contribution is 7.18. The van der Waals surface area contributed by atoms with Crippen molar-refractivity contribution in [2.45, 2.75) is 45.1 Å². The minimum absolute atomic E-state index is 0.0596. The van der Waals surface area contributed by atoms with Crippen molar-refractivity contribution >= 4 is 39.0 Å². The zero-order valence-corrected chi connectivity index (χ0v) is 17.3. The SMILES string of the molecule is Cc1cc2c(NCc3cccc([N+](=O)[O-])c3)nc(C3CCC(C(=O)O)CC3)nc2s1. The number of nitro groups is 1. The maximum atomic E-state index is 11.2. The van der Waals surface area contributed by atoms with Crippen molar-refractivity contribution in [1.82, 2.24) is 9.97 Å². The van der Waals surface area contributed by atoms with E-state index < -0.39 is 10.9 Å². The van der Waals surface area contributed by atoms with Gasteiger partial charge in [0.05, 0.1) is 16.2 Å². The van der Waals surface area contributed by atoms with Gasteiger partial charge in [0.25, 0.3) is 5.69 Å². The fourth-order valence-electron chi connectivity index (χ4n) is 3.94. The van der Waals surface area contributed by atoms with Crippen molar-refractivity contribution in [2.75, 3.05) is 5.32 Å². The van der Waals surface area contributed by atoms with Crippen LogP contribution < -0.4 is 5.32 Å². The number of rotatable bonds is 6. The summed E-state index contributed by atoms with van der Waals surface area (Å²) in [7, 11) is 0. The lowest BCUT2D eigenvalue weighted by Crippen LogP contribution is -2.21. The van der Waals surface area contributed by atoms with Crippen LogP contribution in [0.1, 0.15) is 47.9 Å². The molecule has 0 aliphatic heterocycles. The van der Waals surface area contributed by atoms with Crippen molar-refractivity contribution in [3.63, 3.8) is 0 Å². The van der Waals surface area contributed by atoms with Gasteiger partial charge in [0.2, 0.25) is 0 Å². The maximum absolute atomic E-state index is 11.2. The molecule has 3 aromatic rings. The molecule has 0 bridgehead atoms. The van der Waals surface area contributed by atoms with Crippen LogP contribution in [0.5, 0.6) is 0 Å². The minimum atomic E-state index is -0.724. The van der Waals surface area contributed by atoms with Crippen molar-refractivity contribution in [3.8, 4) is 0 Å². The van der Waals surface area contributed by atoms with Crippen LogP contribution in [0.4, 0.5) is 11.5 Å². The normalized spacial score (nSPS) is 19.0. The van der Waals surface area contributed by atoms with Crippen molar-refractivity contribution in [1.29, 1.82) is 0 Å². The van der Waals surface area contributed by atoms with Gasteiger partial charge in [-0.3, -0.25) is 14.9 Å². The van der Waals surface area contributed by atoms with Gasteiger partial charge in [-0.15, -0.1) is 11.3 Å². The van der Waals surface area contributed by atoms with Gasteiger partial charge in [-0.2, -0.15) is 0 Å². The predicted octanol–water partition coefficient (Wildman–Crippen LogP) is 4.88. The number of nitro benzene ring substituents is 1. The van der Waals surface area contributed by atoms with E-state index in [2.05, 4.69) is 5.32 Å². The van der Waals surface area contributed by atoms with E-state index in [-0.39, 0.29) is 17.5 Å². The predicted molar refractivity (Wildman–Crippen MR) is 115 cm³/mol. The molecule has 9 heteroatoms. The quantitative estimate of drug-likeness (QED) is 0.426. The Morgan fingerprint density at radius 1 is 1.27 bits per heavy atom. The van der Waals surface area contributed by atoms with Gasteiger partial charge in [-0.05, 0) is 44.2 Å². The van der Waals surface area contributed by atoms with Crippen molar-refractivity contribution in [3.05, 3.63) is 56.7 Å². The number of nitrogens with zero attached hydrogens (tertiary/aromatic N) is 3. The first kappa shape index (κ1) is 20.2. The molecule has 4 rings (SSSR count). The Hall–Kier alpha value is -3.07. The van der Waals surface area contributed by atoms with E-state index in [4.69, 9.17) is 9.97 Å². The number of benzene rings is 1. The molecular weight excluding hydrogens is 404 g/mol. The van der Waals surface area contributed by atoms with Crippen LogP contribution in [0, 0.1) is 23.0 Å². The molecule has 0 atom stereocenters. The largest absolute Gasteiger partial charge is 0.481 e. The highest BCUT2D eigenvalue weighted by Gasteiger charge is 2.29. The van der Waals surface area contributed by atoms with Crippen LogP contribution in [0.25, 0.3) is 10.2 Å². The number of carboxylic acids is 1. The number of thiophene rings is 1. The monoisotopic (exact) mass is 426 g/mol. The van der Waals surface area contributed by atoms with Crippen molar-refractivity contribution in [2.24, 2.45) is 5.92 Å². The summed E-state index contributed by atoms with van der Waals surface area (Å²) < 4.78 is 0. The molecule has 2 heterocycles. The maximum Gasteiger partial charge on any atom is 0.306 e. The van der Waals surface area contributed by atoms with Crippen LogP contribution >= 0.6 is 11.3 Å². The average Bonchev–Trinajstić information content (AvgIpc) is 3.12. The van der Waals surface area contributed by atoms with Crippen molar-refractivity contribution < 1.29 is 14.8 Å². The Labute approximate surface area is 177 Å². The molecular formula is C21H22N4O4S. The van der Waals surface area contributed by atoms with E-state index in [1.165, 1.54) is 6.07 Å². The number of carbonyl (C=O) groups is 1. The Morgan fingerprint density at radius 2 is 2.03 bits per heavy atom. The number of aromatic nitrogens is 2. The summed E-state index contributed by atoms with van der Waals surface area (Å²) in [5.74, 6) is 0.602. The first-order chi connectivity index (χ1) is 14.4. The Balaban J connectivity index is 1.58. The molecule has 0 saturated heterocycles. The van der Waals surface area contributed by atoms with E-state index in [1.54, 1.807) is 23.5 Å². The van der Waals surface area contributed by atoms with Crippen LogP contribution in [-0.4, -0.2) is 26.0 Å². The Kier molecular flexibility index (Phi) is 5.63. The second kappa shape index (κ2) is 8.35. The first-order valence-corrected chi connectivity index (χ1v) is 10.7. The molecule has 1 aliphatic carbocycles. The second-order valence-electron chi connectivity index (χ2n) is 7.67. The molecule has 0 unspecified atom stereocenters. The zero-order chi connectivity index (χ0) is 21.3. The lowest BCUT2D eigenvalue weighted by atomic mass is 9.81. The number of hydrogen-bond acceptors (Lipinski definition) is 7. The van der Waals surface area contributed by atoms with Crippen LogP contribution in [0.3, 0.4) is 0 Å². The molecule has 30 heavy (non-hydrogen) atoms. The van der Waals surface area contributed by atoms with E-state index in [0.717, 1.165) is 39.3 Å². The van der Waals surface area contributed by atoms with Gasteiger partial charge in [0, 0.05) is 29.5 Å². The smallest absolute Gasteiger partial charge is 0.306 e. The molecule has 2 N–H and O–H groups in total. The number of aliphatic carboxylic acids is 1. The number of carboxylic acid groups (broad SMARTS) is 1. The lowest BCUT2D eigenvalue weighted by Gasteiger charge is -2.25. The first-order valence-electron chi connectivity index (χ1n) is 9.89. The minimum Gasteiger partial charge on any atom is -0.481 e. The van der Waals surface area contributed by atoms with Crippen LogP contribution in [-0.2, 0) is 11.3 Å². The van der Waals surface area contributed by atoms with Gasteiger partial charge < -0.3 is 10.4 Å². The van der Waals surface area contributed by atoms with Gasteiger partial charge in [-0.1, -0.05) is 12.1 Å². The average molecular weight is 426 g/mol. The lowest BCUT2D eigenvalue weighted by molar-refractivity contribution is -0.384. The third kappa shape index (κ3) is 4.25. The van der Waals surface area contributed by atoms with Gasteiger partial charge in [-0.25, -0.2) is 9.97 Å². The summed E-state index contributed by atoms with van der Waals surface area (Å²) in [6.07, 6.45) is 2.80. The van der Waals surface area contributed by atoms with Crippen LogP contribution in [0.2, 0.25) is 0 Å². The second-order valence-corrected chi connectivity index (χ2v) is 8.91. The molecule has 1 saturated carbocycles. The molecule has 0 amide bonds. The molecule has 0 spiro atoms. The topological polar surface area (TPSA) is 118 Å². The third-order valence-corrected chi connectivity index (χ3v) is 6.50. The number of nitrogens with one attached hydrogen (secondary N) is 1. The summed E-state index contributed by atoms with van der Waals surface area (Å²) in [5, 5.41) is 24.5. The fraction of sp³-hybridized carbons (Fsp3) is 0.381. The van der Waals surface area contributed by atoms with Crippen LogP contribution in [0.15, 0.2) is 30.3 Å². The summed E-state index contributed by atoms with van der Waals surface area (Å²) in [5.41, 5.74) is 0.857. The highest BCUT2D eigenvalue weighted by Crippen LogP contribution is 2.37. The zero-order valence-electron chi connectivity index (χ0n) is 16.5. The van der Waals surface area contributed by atoms with Gasteiger partial charge >= 0.3 is 5.97 Å². The Morgan fingerprint density at radius 3 is 2.73 bits per heavy atom. The third-order valence-electron chi connectivity index (χ3n) is 5.56. The number of anilines is 1. The number of aryl methyl sites for hydroxylation is 1. The number of fused-ring (bicyclic) bond motifs is 1. The van der Waals surface area contributed by atoms with E-state index in [1.807, 2.05) is 19.1 Å². The highest BCUT2D eigenvalue weighted by atomic mass is 32.1. The molecule has 2 aromatic heterocycles. The molecule has 1 aromatic carbocycles. The molecule has 156 valence electrons. The summed E-state index contributed by atoms with van der Waals surface area (Å²) in [6.45, 7) is 2.43. The molecule has 0 radical (unpaired) electrons. The summed E-state index contributed by atoms with van der Waals surface area (Å²) >= 11 is 1.60. The molecule has 1 fully saturated rings. The molecule has 1 aliphatic rings. The number of hydrogen-bond donors (Lipinski definition) is 2. The molecule has 8 nitrogen and oxygen atoms in total. The van der Waals surface area contributed by atoms with E-state index >= 15 is 0 Å². The summed E-state index contributed by atoms with van der Waals surface area (Å²) in [4.78, 5) is 33.4. The fourth-order valence-corrected chi connectivity index (χ4v) is 4.83. The van der Waals surface area contributed by atoms with E-state index in [0.29, 0.717) is 25.2 Å². The van der Waals surface area contributed by atoms with E-state index in [9.17, 15) is 20.0 Å². The summed E-state index contributed by atoms with van der Waals surface area (Å²) in [6, 6.07) is 8.58. The standard InChI is InChI=1S/C21H22N4O4S/c1-12-9-17-19(22-11-13-3-2-4-16(10-13)25(28)29)23-18(24-20(17)30-12)14-5-7-15(8-6-14)21(26)27/h2-4,9-10,14-15H,5-8,11H2,1H3,(H,26,27)(H,22,23,24).